The summed E-state index contributed by atoms with van der Waals surface area (Å²) in [5.41, 5.74) is 2.56. The number of hydrogen-bond donors (Lipinski definition) is 0. The number of hydrogen-bond acceptors (Lipinski definition) is 1. The molecule has 1 aromatic heterocycles. The van der Waals surface area contributed by atoms with E-state index < -0.39 is 11.6 Å². The molecule has 21 heavy (non-hydrogen) atoms. The number of aryl methyl sites for hydroxylation is 1. The molecular weight excluding hydrogens is 385 g/mol. The average molecular weight is 396 g/mol. The minimum atomic E-state index is -0.507. The summed E-state index contributed by atoms with van der Waals surface area (Å²) in [7, 11) is 0. The summed E-state index contributed by atoms with van der Waals surface area (Å²) in [5.74, 6) is -0.999. The Hall–Kier alpha value is -1.76. The van der Waals surface area contributed by atoms with Crippen LogP contribution in [-0.4, -0.2) is 9.78 Å². The standard InChI is InChI=1S/C16H11F2IN2/c1-10-15(19)16(11-5-3-2-4-6-11)21(20-10)14-9-12(17)7-8-13(14)18/h2-9H,1H3. The third-order valence-electron chi connectivity index (χ3n) is 3.17. The lowest BCUT2D eigenvalue weighted by atomic mass is 10.1. The second kappa shape index (κ2) is 5.55. The first kappa shape index (κ1) is 14.2. The van der Waals surface area contributed by atoms with Gasteiger partial charge < -0.3 is 0 Å². The molecule has 1 heterocycles. The zero-order valence-electron chi connectivity index (χ0n) is 11.1. The fourth-order valence-electron chi connectivity index (χ4n) is 2.18. The van der Waals surface area contributed by atoms with Gasteiger partial charge >= 0.3 is 0 Å². The van der Waals surface area contributed by atoms with Gasteiger partial charge in [0.1, 0.15) is 17.3 Å². The maximum Gasteiger partial charge on any atom is 0.149 e. The van der Waals surface area contributed by atoms with Crippen molar-refractivity contribution in [1.29, 1.82) is 0 Å². The van der Waals surface area contributed by atoms with Crippen molar-refractivity contribution >= 4 is 22.6 Å². The van der Waals surface area contributed by atoms with E-state index in [-0.39, 0.29) is 5.69 Å². The molecule has 0 amide bonds. The second-order valence-electron chi connectivity index (χ2n) is 4.62. The Labute approximate surface area is 134 Å². The van der Waals surface area contributed by atoms with Gasteiger partial charge in [-0.15, -0.1) is 0 Å². The molecule has 0 aliphatic rings. The molecule has 2 aromatic carbocycles. The number of benzene rings is 2. The van der Waals surface area contributed by atoms with E-state index in [4.69, 9.17) is 0 Å². The van der Waals surface area contributed by atoms with Crippen LogP contribution in [0.15, 0.2) is 48.5 Å². The quantitative estimate of drug-likeness (QED) is 0.573. The zero-order chi connectivity index (χ0) is 15.0. The van der Waals surface area contributed by atoms with Crippen molar-refractivity contribution in [2.24, 2.45) is 0 Å². The number of rotatable bonds is 2. The number of halogens is 3. The van der Waals surface area contributed by atoms with Gasteiger partial charge in [0.15, 0.2) is 0 Å². The van der Waals surface area contributed by atoms with Crippen LogP contribution < -0.4 is 0 Å². The molecule has 2 nitrogen and oxygen atoms in total. The summed E-state index contributed by atoms with van der Waals surface area (Å²) < 4.78 is 29.9. The third kappa shape index (κ3) is 2.57. The average Bonchev–Trinajstić information content (AvgIpc) is 2.78. The summed E-state index contributed by atoms with van der Waals surface area (Å²) in [6.07, 6.45) is 0. The van der Waals surface area contributed by atoms with Crippen LogP contribution in [0.1, 0.15) is 5.69 Å². The maximum absolute atomic E-state index is 14.1. The number of aromatic nitrogens is 2. The van der Waals surface area contributed by atoms with E-state index in [9.17, 15) is 8.78 Å². The van der Waals surface area contributed by atoms with Gasteiger partial charge in [-0.05, 0) is 41.6 Å². The maximum atomic E-state index is 14.1. The largest absolute Gasteiger partial charge is 0.229 e. The SMILES string of the molecule is Cc1nn(-c2cc(F)ccc2F)c(-c2ccccc2)c1I. The summed E-state index contributed by atoms with van der Waals surface area (Å²) in [5, 5.41) is 4.36. The van der Waals surface area contributed by atoms with Crippen molar-refractivity contribution in [2.75, 3.05) is 0 Å². The van der Waals surface area contributed by atoms with Gasteiger partial charge in [0, 0.05) is 11.6 Å². The van der Waals surface area contributed by atoms with Gasteiger partial charge in [0.2, 0.25) is 0 Å². The highest BCUT2D eigenvalue weighted by Crippen LogP contribution is 2.30. The molecule has 0 radical (unpaired) electrons. The molecule has 0 unspecified atom stereocenters. The molecular formula is C16H11F2IN2. The molecule has 106 valence electrons. The Morgan fingerprint density at radius 3 is 2.48 bits per heavy atom. The normalized spacial score (nSPS) is 10.9. The summed E-state index contributed by atoms with van der Waals surface area (Å²) in [6.45, 7) is 1.85. The third-order valence-corrected chi connectivity index (χ3v) is 4.46. The predicted octanol–water partition coefficient (Wildman–Crippen LogP) is 4.73. The Bertz CT molecular complexity index is 798. The van der Waals surface area contributed by atoms with Crippen LogP contribution in [0, 0.1) is 22.1 Å². The van der Waals surface area contributed by atoms with Gasteiger partial charge in [0.05, 0.1) is 15.0 Å². The van der Waals surface area contributed by atoms with E-state index in [2.05, 4.69) is 27.7 Å². The van der Waals surface area contributed by atoms with Crippen LogP contribution in [0.5, 0.6) is 0 Å². The van der Waals surface area contributed by atoms with E-state index >= 15 is 0 Å². The summed E-state index contributed by atoms with van der Waals surface area (Å²) >= 11 is 2.18. The monoisotopic (exact) mass is 396 g/mol. The second-order valence-corrected chi connectivity index (χ2v) is 5.70. The molecule has 0 aliphatic heterocycles. The molecule has 3 aromatic rings. The Morgan fingerprint density at radius 2 is 1.76 bits per heavy atom. The highest BCUT2D eigenvalue weighted by molar-refractivity contribution is 14.1. The molecule has 0 atom stereocenters. The van der Waals surface area contributed by atoms with Crippen LogP contribution >= 0.6 is 22.6 Å². The lowest BCUT2D eigenvalue weighted by Gasteiger charge is -2.09. The van der Waals surface area contributed by atoms with Gasteiger partial charge in [-0.2, -0.15) is 5.10 Å². The van der Waals surface area contributed by atoms with Crippen LogP contribution in [0.2, 0.25) is 0 Å². The first-order chi connectivity index (χ1) is 10.1. The van der Waals surface area contributed by atoms with Crippen LogP contribution in [0.3, 0.4) is 0 Å². The Morgan fingerprint density at radius 1 is 1.05 bits per heavy atom. The molecule has 0 bridgehead atoms. The fraction of sp³-hybridized carbons (Fsp3) is 0.0625. The number of nitrogens with zero attached hydrogens (tertiary/aromatic N) is 2. The smallest absolute Gasteiger partial charge is 0.149 e. The first-order valence-corrected chi connectivity index (χ1v) is 7.42. The lowest BCUT2D eigenvalue weighted by molar-refractivity contribution is 0.587. The van der Waals surface area contributed by atoms with Crippen LogP contribution in [0.4, 0.5) is 8.78 Å². The van der Waals surface area contributed by atoms with E-state index in [1.165, 1.54) is 4.68 Å². The predicted molar refractivity (Wildman–Crippen MR) is 86.4 cm³/mol. The first-order valence-electron chi connectivity index (χ1n) is 6.34. The minimum absolute atomic E-state index is 0.111. The van der Waals surface area contributed by atoms with Crippen molar-refractivity contribution in [3.63, 3.8) is 0 Å². The van der Waals surface area contributed by atoms with Crippen LogP contribution in [0.25, 0.3) is 16.9 Å². The molecule has 0 saturated carbocycles. The molecule has 0 spiro atoms. The van der Waals surface area contributed by atoms with Gasteiger partial charge in [-0.25, -0.2) is 13.5 Å². The van der Waals surface area contributed by atoms with E-state index in [0.717, 1.165) is 38.7 Å². The Balaban J connectivity index is 2.29. The van der Waals surface area contributed by atoms with E-state index in [1.807, 2.05) is 37.3 Å². The molecule has 0 fully saturated rings. The summed E-state index contributed by atoms with van der Waals surface area (Å²) in [6, 6.07) is 12.9. The van der Waals surface area contributed by atoms with Gasteiger partial charge in [-0.3, -0.25) is 0 Å². The van der Waals surface area contributed by atoms with Crippen molar-refractivity contribution in [2.45, 2.75) is 6.92 Å². The van der Waals surface area contributed by atoms with E-state index in [0.29, 0.717) is 0 Å². The molecule has 0 N–H and O–H groups in total. The molecule has 0 aliphatic carbocycles. The lowest BCUT2D eigenvalue weighted by Crippen LogP contribution is -2.03. The fourth-order valence-corrected chi connectivity index (χ4v) is 2.82. The van der Waals surface area contributed by atoms with Crippen LogP contribution in [-0.2, 0) is 0 Å². The summed E-state index contributed by atoms with van der Waals surface area (Å²) in [4.78, 5) is 0. The topological polar surface area (TPSA) is 17.8 Å². The van der Waals surface area contributed by atoms with Crippen molar-refractivity contribution in [3.8, 4) is 16.9 Å². The van der Waals surface area contributed by atoms with Crippen molar-refractivity contribution < 1.29 is 8.78 Å². The minimum Gasteiger partial charge on any atom is -0.229 e. The van der Waals surface area contributed by atoms with Gasteiger partial charge in [-0.1, -0.05) is 30.3 Å². The van der Waals surface area contributed by atoms with Gasteiger partial charge in [0.25, 0.3) is 0 Å². The highest BCUT2D eigenvalue weighted by atomic mass is 127. The Kier molecular flexibility index (Phi) is 3.75. The zero-order valence-corrected chi connectivity index (χ0v) is 13.3. The molecule has 5 heteroatoms. The van der Waals surface area contributed by atoms with Crippen molar-refractivity contribution in [1.82, 2.24) is 9.78 Å². The van der Waals surface area contributed by atoms with E-state index in [1.54, 1.807) is 0 Å². The molecule has 3 rings (SSSR count). The molecule has 0 saturated heterocycles. The highest BCUT2D eigenvalue weighted by Gasteiger charge is 2.18. The van der Waals surface area contributed by atoms with Crippen molar-refractivity contribution in [3.05, 3.63) is 69.4 Å².